The summed E-state index contributed by atoms with van der Waals surface area (Å²) in [4.78, 5) is 32.4. The highest BCUT2D eigenvalue weighted by Gasteiger charge is 2.48. The Kier molecular flexibility index (Phi) is 7.09. The lowest BCUT2D eigenvalue weighted by atomic mass is 9.63. The smallest absolute Gasteiger partial charge is 0.351 e. The second kappa shape index (κ2) is 11.0. The fraction of sp³-hybridized carbons (Fsp3) is 0.500. The molecule has 0 saturated carbocycles. The van der Waals surface area contributed by atoms with Crippen molar-refractivity contribution in [2.24, 2.45) is 0 Å². The van der Waals surface area contributed by atoms with Gasteiger partial charge in [0, 0.05) is 55.7 Å². The molecule has 44 heavy (non-hydrogen) atoms. The van der Waals surface area contributed by atoms with Crippen molar-refractivity contribution < 1.29 is 9.32 Å². The fourth-order valence-corrected chi connectivity index (χ4v) is 8.19. The van der Waals surface area contributed by atoms with Crippen molar-refractivity contribution >= 4 is 34.1 Å². The van der Waals surface area contributed by atoms with Gasteiger partial charge in [-0.25, -0.2) is 14.8 Å². The lowest BCUT2D eigenvalue weighted by Gasteiger charge is -2.39. The number of aromatic nitrogens is 6. The predicted octanol–water partition coefficient (Wildman–Crippen LogP) is 3.66. The summed E-state index contributed by atoms with van der Waals surface area (Å²) >= 11 is 1.53. The third-order valence-corrected chi connectivity index (χ3v) is 10.3. The Hall–Kier alpha value is -4.35. The first-order valence-electron chi connectivity index (χ1n) is 15.2. The zero-order valence-corrected chi connectivity index (χ0v) is 25.9. The minimum Gasteiger partial charge on any atom is -0.389 e. The van der Waals surface area contributed by atoms with Gasteiger partial charge in [-0.3, -0.25) is 4.90 Å². The van der Waals surface area contributed by atoms with Gasteiger partial charge in [0.15, 0.2) is 11.6 Å². The maximum absolute atomic E-state index is 13.5. The quantitative estimate of drug-likeness (QED) is 0.345. The van der Waals surface area contributed by atoms with Crippen LogP contribution in [0.25, 0.3) is 11.4 Å². The molecule has 14 heteroatoms. The number of amides is 1. The second-order valence-electron chi connectivity index (χ2n) is 11.8. The topological polar surface area (TPSA) is 168 Å². The number of rotatable bonds is 4. The van der Waals surface area contributed by atoms with Gasteiger partial charge < -0.3 is 20.5 Å². The van der Waals surface area contributed by atoms with E-state index in [0.29, 0.717) is 46.0 Å². The summed E-state index contributed by atoms with van der Waals surface area (Å²) in [5.41, 5.74) is 9.75. The van der Waals surface area contributed by atoms with Crippen LogP contribution < -0.4 is 20.9 Å². The van der Waals surface area contributed by atoms with Gasteiger partial charge >= 0.3 is 6.03 Å². The van der Waals surface area contributed by atoms with Gasteiger partial charge in [0.1, 0.15) is 34.6 Å². The van der Waals surface area contributed by atoms with Crippen molar-refractivity contribution in [2.75, 3.05) is 42.2 Å². The van der Waals surface area contributed by atoms with Crippen LogP contribution in [0.2, 0.25) is 0 Å². The maximum Gasteiger partial charge on any atom is 0.351 e. The molecule has 1 fully saturated rings. The molecule has 228 valence electrons. The lowest BCUT2D eigenvalue weighted by Crippen LogP contribution is -2.50. The van der Waals surface area contributed by atoms with Crippen molar-refractivity contribution in [1.82, 2.24) is 35.2 Å². The lowest BCUT2D eigenvalue weighted by molar-refractivity contribution is 0.246. The number of nitriles is 1. The Morgan fingerprint density at radius 2 is 2.14 bits per heavy atom. The number of nitrogen functional groups attached to an aromatic ring is 1. The van der Waals surface area contributed by atoms with Gasteiger partial charge in [-0.1, -0.05) is 12.1 Å². The van der Waals surface area contributed by atoms with Crippen LogP contribution in [0.3, 0.4) is 0 Å². The number of aryl methyl sites for hydroxylation is 2. The van der Waals surface area contributed by atoms with E-state index in [1.807, 2.05) is 6.92 Å². The molecule has 0 unspecified atom stereocenters. The highest BCUT2D eigenvalue weighted by molar-refractivity contribution is 7.16. The monoisotopic (exact) mass is 613 g/mol. The van der Waals surface area contributed by atoms with Crippen LogP contribution >= 0.6 is 11.3 Å². The number of nitrogens with two attached hydrogens (primary N) is 1. The van der Waals surface area contributed by atoms with Gasteiger partial charge in [0.2, 0.25) is 5.95 Å². The minimum absolute atomic E-state index is 0.152. The first-order chi connectivity index (χ1) is 21.3. The van der Waals surface area contributed by atoms with Crippen molar-refractivity contribution in [2.45, 2.75) is 70.3 Å². The third kappa shape index (κ3) is 4.45. The number of hydrogen-bond acceptors (Lipinski definition) is 12. The van der Waals surface area contributed by atoms with Crippen LogP contribution in [0.4, 0.5) is 21.6 Å². The molecule has 2 atom stereocenters. The van der Waals surface area contributed by atoms with Crippen LogP contribution in [-0.4, -0.2) is 68.6 Å². The highest BCUT2D eigenvalue weighted by atomic mass is 32.1. The molecule has 1 spiro atoms. The fourth-order valence-electron chi connectivity index (χ4n) is 7.03. The molecule has 1 amide bonds. The van der Waals surface area contributed by atoms with Crippen LogP contribution in [0.1, 0.15) is 72.7 Å². The number of fused-ring (bicyclic) bond motifs is 4. The van der Waals surface area contributed by atoms with Crippen molar-refractivity contribution in [3.63, 3.8) is 0 Å². The molecule has 3 N–H and O–H groups in total. The Labute approximate surface area is 259 Å². The van der Waals surface area contributed by atoms with E-state index < -0.39 is 5.41 Å². The van der Waals surface area contributed by atoms with E-state index in [9.17, 15) is 10.1 Å². The summed E-state index contributed by atoms with van der Waals surface area (Å²) in [6.07, 6.45) is 7.41. The summed E-state index contributed by atoms with van der Waals surface area (Å²) in [6.45, 7) is 6.39. The molecule has 0 bridgehead atoms. The van der Waals surface area contributed by atoms with Crippen molar-refractivity contribution in [3.8, 4) is 17.5 Å². The molecule has 4 aromatic heterocycles. The second-order valence-corrected chi connectivity index (χ2v) is 13.0. The molecule has 13 nitrogen and oxygen atoms in total. The number of carbonyl (C=O) groups excluding carboxylic acids is 1. The molecule has 3 aliphatic rings. The molecule has 0 aromatic carbocycles. The maximum atomic E-state index is 13.5. The Balaban J connectivity index is 1.35. The molecule has 4 aromatic rings. The van der Waals surface area contributed by atoms with E-state index in [2.05, 4.69) is 38.4 Å². The third-order valence-electron chi connectivity index (χ3n) is 9.24. The number of anilines is 3. The van der Waals surface area contributed by atoms with E-state index in [-0.39, 0.29) is 12.1 Å². The van der Waals surface area contributed by atoms with E-state index in [1.54, 1.807) is 13.1 Å². The summed E-state index contributed by atoms with van der Waals surface area (Å²) in [5.74, 6) is 2.35. The Morgan fingerprint density at radius 3 is 2.89 bits per heavy atom. The van der Waals surface area contributed by atoms with Crippen molar-refractivity contribution in [1.29, 1.82) is 5.26 Å². The van der Waals surface area contributed by atoms with Gasteiger partial charge in [-0.2, -0.15) is 14.9 Å². The number of carbonyl (C=O) groups is 1. The first-order valence-corrected chi connectivity index (χ1v) is 16.0. The normalized spacial score (nSPS) is 21.1. The Bertz CT molecular complexity index is 1780. The molecular weight excluding hydrogens is 578 g/mol. The molecule has 1 aliphatic heterocycles. The number of hydrogen-bond donors (Lipinski definition) is 2. The number of thiophene rings is 1. The summed E-state index contributed by atoms with van der Waals surface area (Å²) in [7, 11) is 1.67. The SMILES string of the molecule is CCc1ncn(C(=O)N(C)c2cc(-c3noc4c3CCC[C@@]43CCCc4sc(N)c(C#N)c43)nc(N3CCNC[C@@H]3C)n2)n1. The average molecular weight is 614 g/mol. The molecule has 0 radical (unpaired) electrons. The van der Waals surface area contributed by atoms with Gasteiger partial charge in [-0.15, -0.1) is 16.4 Å². The van der Waals surface area contributed by atoms with E-state index in [0.717, 1.165) is 75.0 Å². The summed E-state index contributed by atoms with van der Waals surface area (Å²) in [6, 6.07) is 3.95. The molecule has 5 heterocycles. The van der Waals surface area contributed by atoms with E-state index in [4.69, 9.17) is 20.2 Å². The van der Waals surface area contributed by atoms with Gasteiger partial charge in [0.25, 0.3) is 0 Å². The minimum atomic E-state index is -0.436. The van der Waals surface area contributed by atoms with E-state index in [1.165, 1.54) is 32.1 Å². The Morgan fingerprint density at radius 1 is 1.32 bits per heavy atom. The molecular formula is C30H35N11O2S. The van der Waals surface area contributed by atoms with Crippen LogP contribution in [0, 0.1) is 11.3 Å². The average Bonchev–Trinajstić information content (AvgIpc) is 3.78. The standard InChI is InChI=1S/C30H35N11O2S/c1-4-22-34-16-41(37-22)29(42)39(3)23-13-20(35-28(36-23)40-12-11-33-15-17(40)2)25-18-7-5-9-30(26(18)43-38-25)10-6-8-21-24(30)19(14-31)27(32)44-21/h13,16-17,33H,4-12,15,32H2,1-3H3/t17-,30-/m0/s1. The summed E-state index contributed by atoms with van der Waals surface area (Å²) < 4.78 is 7.49. The van der Waals surface area contributed by atoms with Crippen LogP contribution in [-0.2, 0) is 24.7 Å². The zero-order valence-electron chi connectivity index (χ0n) is 25.1. The molecule has 1 saturated heterocycles. The molecule has 7 rings (SSSR count). The molecule has 2 aliphatic carbocycles. The number of nitrogens with one attached hydrogen (secondary N) is 1. The largest absolute Gasteiger partial charge is 0.389 e. The van der Waals surface area contributed by atoms with Crippen LogP contribution in [0.15, 0.2) is 16.9 Å². The first kappa shape index (κ1) is 28.4. The van der Waals surface area contributed by atoms with Crippen LogP contribution in [0.5, 0.6) is 0 Å². The zero-order chi connectivity index (χ0) is 30.6. The van der Waals surface area contributed by atoms with Crippen molar-refractivity contribution in [3.05, 3.63) is 45.5 Å². The number of piperazine rings is 1. The van der Waals surface area contributed by atoms with Gasteiger partial charge in [0.05, 0.1) is 11.0 Å². The van der Waals surface area contributed by atoms with Gasteiger partial charge in [-0.05, 0) is 51.0 Å². The predicted molar refractivity (Wildman–Crippen MR) is 166 cm³/mol. The summed E-state index contributed by atoms with van der Waals surface area (Å²) in [5, 5.41) is 23.0. The number of nitrogens with zero attached hydrogens (tertiary/aromatic N) is 9. The highest BCUT2D eigenvalue weighted by Crippen LogP contribution is 2.55. The van der Waals surface area contributed by atoms with E-state index >= 15 is 0 Å².